The molecule has 17 heavy (non-hydrogen) atoms. The summed E-state index contributed by atoms with van der Waals surface area (Å²) >= 11 is 0. The Morgan fingerprint density at radius 3 is 2.41 bits per heavy atom. The molecule has 0 aliphatic carbocycles. The van der Waals surface area contributed by atoms with Crippen LogP contribution in [-0.4, -0.2) is 11.1 Å². The van der Waals surface area contributed by atoms with Crippen LogP contribution in [-0.2, 0) is 0 Å². The Morgan fingerprint density at radius 2 is 1.82 bits per heavy atom. The van der Waals surface area contributed by atoms with Crippen LogP contribution in [0.1, 0.15) is 0 Å². The van der Waals surface area contributed by atoms with E-state index in [1.165, 1.54) is 6.20 Å². The van der Waals surface area contributed by atoms with E-state index < -0.39 is 6.09 Å². The van der Waals surface area contributed by atoms with Gasteiger partial charge in [0.2, 0.25) is 5.88 Å². The second kappa shape index (κ2) is 4.98. The zero-order valence-corrected chi connectivity index (χ0v) is 8.87. The van der Waals surface area contributed by atoms with Gasteiger partial charge in [-0.25, -0.2) is 9.78 Å². The average Bonchev–Trinajstić information content (AvgIpc) is 2.32. The molecule has 0 atom stereocenters. The number of hydrogen-bond acceptors (Lipinski definition) is 4. The molecule has 1 aromatic heterocycles. The molecule has 1 heterocycles. The summed E-state index contributed by atoms with van der Waals surface area (Å²) in [6.45, 7) is 0. The van der Waals surface area contributed by atoms with Gasteiger partial charge in [0.1, 0.15) is 5.75 Å². The predicted molar refractivity (Wildman–Crippen MR) is 61.0 cm³/mol. The molecule has 5 nitrogen and oxygen atoms in total. The van der Waals surface area contributed by atoms with Crippen molar-refractivity contribution >= 4 is 6.09 Å². The molecule has 0 bridgehead atoms. The highest BCUT2D eigenvalue weighted by molar-refractivity contribution is 5.67. The molecule has 0 unspecified atom stereocenters. The minimum atomic E-state index is -0.872. The van der Waals surface area contributed by atoms with Crippen LogP contribution < -0.4 is 15.2 Å². The van der Waals surface area contributed by atoms with Crippen LogP contribution in [0.2, 0.25) is 0 Å². The van der Waals surface area contributed by atoms with E-state index in [9.17, 15) is 4.79 Å². The molecular weight excluding hydrogens is 220 g/mol. The largest absolute Gasteiger partial charge is 0.439 e. The number of para-hydroxylation sites is 1. The highest BCUT2D eigenvalue weighted by Crippen LogP contribution is 2.20. The number of pyridine rings is 1. The monoisotopic (exact) mass is 230 g/mol. The number of aromatic nitrogens is 1. The summed E-state index contributed by atoms with van der Waals surface area (Å²) in [4.78, 5) is 14.5. The minimum absolute atomic E-state index is 0.276. The van der Waals surface area contributed by atoms with Crippen molar-refractivity contribution in [3.63, 3.8) is 0 Å². The van der Waals surface area contributed by atoms with Crippen molar-refractivity contribution in [3.05, 3.63) is 48.7 Å². The molecule has 0 fully saturated rings. The van der Waals surface area contributed by atoms with Gasteiger partial charge in [-0.15, -0.1) is 0 Å². The molecule has 2 rings (SSSR count). The van der Waals surface area contributed by atoms with Crippen molar-refractivity contribution in [3.8, 4) is 17.4 Å². The second-order valence-corrected chi connectivity index (χ2v) is 3.17. The zero-order chi connectivity index (χ0) is 12.1. The van der Waals surface area contributed by atoms with Gasteiger partial charge in [0.05, 0.1) is 6.20 Å². The van der Waals surface area contributed by atoms with Crippen LogP contribution in [0, 0.1) is 0 Å². The van der Waals surface area contributed by atoms with Gasteiger partial charge in [0.25, 0.3) is 0 Å². The molecule has 0 saturated heterocycles. The van der Waals surface area contributed by atoms with Crippen LogP contribution in [0.15, 0.2) is 48.7 Å². The Hall–Kier alpha value is -2.56. The Kier molecular flexibility index (Phi) is 3.20. The molecule has 0 radical (unpaired) electrons. The smallest absolute Gasteiger partial charge is 0.410 e. The number of amides is 1. The van der Waals surface area contributed by atoms with Crippen LogP contribution in [0.3, 0.4) is 0 Å². The maximum atomic E-state index is 10.5. The second-order valence-electron chi connectivity index (χ2n) is 3.17. The third-order valence-electron chi connectivity index (χ3n) is 1.89. The molecule has 2 N–H and O–H groups in total. The van der Waals surface area contributed by atoms with Crippen LogP contribution in [0.5, 0.6) is 17.4 Å². The van der Waals surface area contributed by atoms with E-state index >= 15 is 0 Å². The molecule has 0 aliphatic rings. The van der Waals surface area contributed by atoms with Crippen molar-refractivity contribution in [2.75, 3.05) is 0 Å². The molecule has 0 saturated carbocycles. The van der Waals surface area contributed by atoms with E-state index in [-0.39, 0.29) is 5.75 Å². The number of ether oxygens (including phenoxy) is 2. The molecule has 0 spiro atoms. The van der Waals surface area contributed by atoms with Crippen molar-refractivity contribution in [2.24, 2.45) is 5.73 Å². The molecule has 1 aromatic carbocycles. The Bertz CT molecular complexity index is 497. The first-order chi connectivity index (χ1) is 8.24. The highest BCUT2D eigenvalue weighted by atomic mass is 16.5. The number of carbonyl (C=O) groups is 1. The van der Waals surface area contributed by atoms with E-state index in [2.05, 4.69) is 9.72 Å². The summed E-state index contributed by atoms with van der Waals surface area (Å²) in [5.41, 5.74) is 4.87. The zero-order valence-electron chi connectivity index (χ0n) is 8.87. The lowest BCUT2D eigenvalue weighted by Crippen LogP contribution is -2.16. The first-order valence-corrected chi connectivity index (χ1v) is 4.90. The van der Waals surface area contributed by atoms with Crippen LogP contribution in [0.4, 0.5) is 4.79 Å². The molecule has 86 valence electrons. The van der Waals surface area contributed by atoms with Gasteiger partial charge < -0.3 is 15.2 Å². The SMILES string of the molecule is NC(=O)Oc1ccc(Oc2ccccc2)nc1. The van der Waals surface area contributed by atoms with Gasteiger partial charge >= 0.3 is 6.09 Å². The standard InChI is InChI=1S/C12H10N2O3/c13-12(15)17-10-6-7-11(14-8-10)16-9-4-2-1-3-5-9/h1-8H,(H2,13,15). The molecule has 1 amide bonds. The lowest BCUT2D eigenvalue weighted by molar-refractivity contribution is 0.210. The van der Waals surface area contributed by atoms with Crippen LogP contribution in [0.25, 0.3) is 0 Å². The van der Waals surface area contributed by atoms with Gasteiger partial charge in [-0.2, -0.15) is 0 Å². The van der Waals surface area contributed by atoms with E-state index in [1.54, 1.807) is 12.1 Å². The van der Waals surface area contributed by atoms with Crippen molar-refractivity contribution in [2.45, 2.75) is 0 Å². The highest BCUT2D eigenvalue weighted by Gasteiger charge is 2.01. The average molecular weight is 230 g/mol. The van der Waals surface area contributed by atoms with Gasteiger partial charge in [0.15, 0.2) is 5.75 Å². The summed E-state index contributed by atoms with van der Waals surface area (Å²) in [6, 6.07) is 12.4. The molecular formula is C12H10N2O3. The van der Waals surface area contributed by atoms with Gasteiger partial charge in [-0.1, -0.05) is 18.2 Å². The van der Waals surface area contributed by atoms with E-state index in [0.29, 0.717) is 11.6 Å². The van der Waals surface area contributed by atoms with Crippen molar-refractivity contribution in [1.82, 2.24) is 4.98 Å². The first kappa shape index (κ1) is 10.9. The fraction of sp³-hybridized carbons (Fsp3) is 0. The number of benzene rings is 1. The summed E-state index contributed by atoms with van der Waals surface area (Å²) in [5.74, 6) is 1.37. The normalized spacial score (nSPS) is 9.65. The third-order valence-corrected chi connectivity index (χ3v) is 1.89. The molecule has 5 heteroatoms. The number of nitrogens with two attached hydrogens (primary N) is 1. The summed E-state index contributed by atoms with van der Waals surface area (Å²) in [6.07, 6.45) is 0.492. The Labute approximate surface area is 97.8 Å². The lowest BCUT2D eigenvalue weighted by Gasteiger charge is -2.04. The quantitative estimate of drug-likeness (QED) is 0.878. The summed E-state index contributed by atoms with van der Waals surface area (Å²) in [5, 5.41) is 0. The lowest BCUT2D eigenvalue weighted by atomic mass is 10.3. The number of nitrogens with zero attached hydrogens (tertiary/aromatic N) is 1. The Morgan fingerprint density at radius 1 is 1.06 bits per heavy atom. The first-order valence-electron chi connectivity index (χ1n) is 4.90. The minimum Gasteiger partial charge on any atom is -0.439 e. The number of hydrogen-bond donors (Lipinski definition) is 1. The summed E-state index contributed by atoms with van der Waals surface area (Å²) < 4.78 is 10.1. The predicted octanol–water partition coefficient (Wildman–Crippen LogP) is 2.33. The number of primary amides is 1. The molecule has 2 aromatic rings. The van der Waals surface area contributed by atoms with E-state index in [4.69, 9.17) is 10.5 Å². The van der Waals surface area contributed by atoms with E-state index in [1.807, 2.05) is 30.3 Å². The Balaban J connectivity index is 2.06. The molecule has 0 aliphatic heterocycles. The van der Waals surface area contributed by atoms with Crippen molar-refractivity contribution < 1.29 is 14.3 Å². The third kappa shape index (κ3) is 3.20. The number of carbonyl (C=O) groups excluding carboxylic acids is 1. The fourth-order valence-corrected chi connectivity index (χ4v) is 1.21. The topological polar surface area (TPSA) is 74.4 Å². The van der Waals surface area contributed by atoms with Gasteiger partial charge in [-0.05, 0) is 18.2 Å². The fourth-order valence-electron chi connectivity index (χ4n) is 1.21. The maximum absolute atomic E-state index is 10.5. The van der Waals surface area contributed by atoms with Gasteiger partial charge in [0, 0.05) is 6.07 Å². The van der Waals surface area contributed by atoms with Crippen LogP contribution >= 0.6 is 0 Å². The maximum Gasteiger partial charge on any atom is 0.410 e. The summed E-state index contributed by atoms with van der Waals surface area (Å²) in [7, 11) is 0. The number of rotatable bonds is 3. The van der Waals surface area contributed by atoms with E-state index in [0.717, 1.165) is 0 Å². The van der Waals surface area contributed by atoms with Crippen molar-refractivity contribution in [1.29, 1.82) is 0 Å². The van der Waals surface area contributed by atoms with Gasteiger partial charge in [-0.3, -0.25) is 0 Å².